The Kier molecular flexibility index (Phi) is 10.6. The number of alkyl halides is 3. The Bertz CT molecular complexity index is 1910. The van der Waals surface area contributed by atoms with E-state index in [1.807, 2.05) is 0 Å². The van der Waals surface area contributed by atoms with Crippen LogP contribution in [0, 0.1) is 11.3 Å². The quantitative estimate of drug-likeness (QED) is 0.380. The number of hydrogen-bond acceptors (Lipinski definition) is 9. The van der Waals surface area contributed by atoms with Crippen LogP contribution < -0.4 is 5.32 Å². The van der Waals surface area contributed by atoms with Gasteiger partial charge in [-0.15, -0.1) is 0 Å². The summed E-state index contributed by atoms with van der Waals surface area (Å²) in [4.78, 5) is 60.6. The first-order valence-corrected chi connectivity index (χ1v) is 16.6. The summed E-state index contributed by atoms with van der Waals surface area (Å²) in [5.74, 6) is -1.86. The fourth-order valence-electron chi connectivity index (χ4n) is 5.97. The molecule has 2 aliphatic heterocycles. The molecule has 2 fully saturated rings. The number of nitrogens with zero attached hydrogens (tertiary/aromatic N) is 8. The number of piperidine rings is 1. The third kappa shape index (κ3) is 8.15. The molecule has 2 aliphatic rings. The molecule has 0 unspecified atom stereocenters. The molecule has 0 radical (unpaired) electrons. The molecule has 0 bridgehead atoms. The lowest BCUT2D eigenvalue weighted by Crippen LogP contribution is -2.59. The molecule has 0 aliphatic carbocycles. The van der Waals surface area contributed by atoms with Crippen molar-refractivity contribution in [2.24, 2.45) is 7.05 Å². The zero-order valence-corrected chi connectivity index (χ0v) is 29.6. The van der Waals surface area contributed by atoms with Gasteiger partial charge in [0, 0.05) is 71.0 Å². The number of aliphatic hydroxyl groups is 1. The molecule has 4 heterocycles. The van der Waals surface area contributed by atoms with Crippen molar-refractivity contribution in [3.63, 3.8) is 0 Å². The van der Waals surface area contributed by atoms with E-state index in [1.165, 1.54) is 39.9 Å². The highest BCUT2D eigenvalue weighted by molar-refractivity contribution is 6.34. The van der Waals surface area contributed by atoms with Crippen LogP contribution in [-0.2, 0) is 29.3 Å². The van der Waals surface area contributed by atoms with Crippen molar-refractivity contribution in [3.05, 3.63) is 52.7 Å². The molecule has 1 aromatic carbocycles. The maximum absolute atomic E-state index is 13.7. The molecular weight excluding hydrogens is 711 g/mol. The fraction of sp³-hybridized carbons (Fsp3) is 0.485. The number of rotatable bonds is 6. The lowest BCUT2D eigenvalue weighted by atomic mass is 9.89. The number of carbonyl (C=O) groups is 4. The van der Waals surface area contributed by atoms with Crippen molar-refractivity contribution in [1.29, 1.82) is 5.26 Å². The fourth-order valence-corrected chi connectivity index (χ4v) is 6.23. The Balaban J connectivity index is 1.18. The molecule has 0 atom stereocenters. The van der Waals surface area contributed by atoms with Crippen molar-refractivity contribution >= 4 is 41.1 Å². The van der Waals surface area contributed by atoms with Crippen LogP contribution in [-0.4, -0.2) is 113 Å². The molecule has 5 rings (SSSR count). The molecule has 19 heteroatoms. The van der Waals surface area contributed by atoms with Crippen molar-refractivity contribution in [3.8, 4) is 17.3 Å². The van der Waals surface area contributed by atoms with Crippen LogP contribution in [0.15, 0.2) is 30.6 Å². The van der Waals surface area contributed by atoms with Crippen LogP contribution in [0.5, 0.6) is 0 Å². The van der Waals surface area contributed by atoms with Crippen LogP contribution in [0.4, 0.5) is 23.7 Å². The van der Waals surface area contributed by atoms with Crippen LogP contribution in [0.2, 0.25) is 5.02 Å². The number of benzene rings is 1. The Morgan fingerprint density at radius 1 is 1.04 bits per heavy atom. The van der Waals surface area contributed by atoms with Crippen molar-refractivity contribution in [2.75, 3.05) is 44.6 Å². The lowest BCUT2D eigenvalue weighted by molar-refractivity contribution is -0.157. The monoisotopic (exact) mass is 747 g/mol. The van der Waals surface area contributed by atoms with E-state index >= 15 is 0 Å². The van der Waals surface area contributed by atoms with Crippen molar-refractivity contribution in [2.45, 2.75) is 57.5 Å². The highest BCUT2D eigenvalue weighted by Crippen LogP contribution is 2.36. The lowest BCUT2D eigenvalue weighted by Gasteiger charge is -2.42. The SMILES string of the molecule is Cn1c(-c2cn(CC#N)nc2C(F)(F)F)cnc1C(=O)Nc1ccc(C(=O)N2CCN(C(=O)C3(O)CCN(C(=O)OC(C)(C)C)CC3)CC2)c(Cl)c1. The predicted octanol–water partition coefficient (Wildman–Crippen LogP) is 3.78. The number of amides is 4. The number of carbonyl (C=O) groups excluding carboxylic acids is 4. The van der Waals surface area contributed by atoms with Gasteiger partial charge in [-0.25, -0.2) is 9.78 Å². The van der Waals surface area contributed by atoms with Gasteiger partial charge in [-0.3, -0.25) is 19.1 Å². The second-order valence-electron chi connectivity index (χ2n) is 13.5. The van der Waals surface area contributed by atoms with Crippen LogP contribution >= 0.6 is 11.6 Å². The zero-order chi connectivity index (χ0) is 38.2. The largest absolute Gasteiger partial charge is 0.444 e. The molecule has 52 heavy (non-hydrogen) atoms. The Hall–Kier alpha value is -5.15. The van der Waals surface area contributed by atoms with E-state index in [4.69, 9.17) is 21.6 Å². The van der Waals surface area contributed by atoms with E-state index in [9.17, 15) is 37.5 Å². The Morgan fingerprint density at radius 2 is 1.67 bits per heavy atom. The topological polar surface area (TPSA) is 179 Å². The standard InChI is InChI=1S/C33H37ClF3N9O6/c1-31(2,3)52-30(50)45-10-7-32(51,8-11-45)29(49)44-15-13-43(14-16-44)28(48)21-6-5-20(17-23(21)34)40-27(47)26-39-18-24(42(26)4)22-19-46(12-9-38)41-25(22)33(35,36)37/h5-6,17-19,51H,7-8,10-16H2,1-4H3,(H,40,47). The summed E-state index contributed by atoms with van der Waals surface area (Å²) in [6.45, 7) is 5.86. The summed E-state index contributed by atoms with van der Waals surface area (Å²) < 4.78 is 48.4. The third-order valence-corrected chi connectivity index (χ3v) is 8.99. The van der Waals surface area contributed by atoms with Gasteiger partial charge in [0.15, 0.2) is 11.5 Å². The van der Waals surface area contributed by atoms with Gasteiger partial charge in [0.25, 0.3) is 17.7 Å². The van der Waals surface area contributed by atoms with Crippen LogP contribution in [0.1, 0.15) is 60.3 Å². The van der Waals surface area contributed by atoms with Gasteiger partial charge >= 0.3 is 12.3 Å². The molecule has 278 valence electrons. The molecule has 2 N–H and O–H groups in total. The number of hydrogen-bond donors (Lipinski definition) is 2. The van der Waals surface area contributed by atoms with Gasteiger partial charge in [0.05, 0.1) is 34.1 Å². The van der Waals surface area contributed by atoms with Gasteiger partial charge in [0.2, 0.25) is 0 Å². The van der Waals surface area contributed by atoms with Gasteiger partial charge in [-0.05, 0) is 39.0 Å². The molecule has 15 nitrogen and oxygen atoms in total. The number of piperazine rings is 1. The van der Waals surface area contributed by atoms with Gasteiger partial charge in [0.1, 0.15) is 17.7 Å². The number of ether oxygens (including phenoxy) is 1. The number of imidazole rings is 1. The molecule has 4 amide bonds. The minimum atomic E-state index is -4.82. The smallest absolute Gasteiger partial charge is 0.435 e. The van der Waals surface area contributed by atoms with Gasteiger partial charge in [-0.1, -0.05) is 11.6 Å². The van der Waals surface area contributed by atoms with Gasteiger partial charge in [-0.2, -0.15) is 23.5 Å². The highest BCUT2D eigenvalue weighted by Gasteiger charge is 2.44. The maximum atomic E-state index is 13.7. The number of likely N-dealkylation sites (tertiary alicyclic amines) is 1. The van der Waals surface area contributed by atoms with E-state index in [0.29, 0.717) is 0 Å². The average molecular weight is 748 g/mol. The summed E-state index contributed by atoms with van der Waals surface area (Å²) in [6.07, 6.45) is -3.07. The second-order valence-corrected chi connectivity index (χ2v) is 13.9. The predicted molar refractivity (Wildman–Crippen MR) is 179 cm³/mol. The van der Waals surface area contributed by atoms with E-state index in [2.05, 4.69) is 15.4 Å². The number of aromatic nitrogens is 4. The number of anilines is 1. The Labute approximate surface area is 301 Å². The Morgan fingerprint density at radius 3 is 2.25 bits per heavy atom. The first-order chi connectivity index (χ1) is 24.3. The normalized spacial score (nSPS) is 16.3. The third-order valence-electron chi connectivity index (χ3n) is 8.68. The molecule has 2 saturated heterocycles. The average Bonchev–Trinajstić information content (AvgIpc) is 3.67. The van der Waals surface area contributed by atoms with Crippen LogP contribution in [0.3, 0.4) is 0 Å². The van der Waals surface area contributed by atoms with Crippen molar-refractivity contribution in [1.82, 2.24) is 34.0 Å². The maximum Gasteiger partial charge on any atom is 0.435 e. The summed E-state index contributed by atoms with van der Waals surface area (Å²) in [5, 5.41) is 26.1. The first-order valence-electron chi connectivity index (χ1n) is 16.2. The minimum Gasteiger partial charge on any atom is -0.444 e. The van der Waals surface area contributed by atoms with Gasteiger partial charge < -0.3 is 34.4 Å². The molecular formula is C33H37ClF3N9O6. The number of halogens is 4. The van der Waals surface area contributed by atoms with E-state index in [1.54, 1.807) is 26.8 Å². The molecule has 0 spiro atoms. The summed E-state index contributed by atoms with van der Waals surface area (Å²) in [5.41, 5.74) is -3.62. The summed E-state index contributed by atoms with van der Waals surface area (Å²) in [7, 11) is 1.36. The van der Waals surface area contributed by atoms with Crippen molar-refractivity contribution < 1.29 is 42.2 Å². The second kappa shape index (κ2) is 14.5. The summed E-state index contributed by atoms with van der Waals surface area (Å²) in [6, 6.07) is 5.94. The number of nitriles is 1. The molecule has 2 aromatic heterocycles. The first kappa shape index (κ1) is 38.1. The molecule has 3 aromatic rings. The van der Waals surface area contributed by atoms with E-state index in [-0.39, 0.29) is 85.5 Å². The minimum absolute atomic E-state index is 0.0209. The number of nitrogens with one attached hydrogen (secondary N) is 1. The van der Waals surface area contributed by atoms with E-state index in [0.717, 1.165) is 21.6 Å². The molecule has 0 saturated carbocycles. The van der Waals surface area contributed by atoms with Crippen LogP contribution in [0.25, 0.3) is 11.3 Å². The zero-order valence-electron chi connectivity index (χ0n) is 28.8. The summed E-state index contributed by atoms with van der Waals surface area (Å²) >= 11 is 6.45. The van der Waals surface area contributed by atoms with E-state index < -0.39 is 53.4 Å². The highest BCUT2D eigenvalue weighted by atomic mass is 35.5.